The summed E-state index contributed by atoms with van der Waals surface area (Å²) < 4.78 is 0. The second-order valence-corrected chi connectivity index (χ2v) is 6.12. The molecule has 0 aromatic rings. The molecule has 2 fully saturated rings. The molecule has 17 heavy (non-hydrogen) atoms. The summed E-state index contributed by atoms with van der Waals surface area (Å²) in [5.74, 6) is 2.28. The van der Waals surface area contributed by atoms with Crippen molar-refractivity contribution in [2.24, 2.45) is 4.99 Å². The number of guanidine groups is 1. The Bertz CT molecular complexity index is 247. The minimum absolute atomic E-state index is 0.781. The molecule has 1 atom stereocenters. The fraction of sp³-hybridized carbons (Fsp3) is 0.917. The molecule has 0 aromatic carbocycles. The molecule has 0 aliphatic carbocycles. The van der Waals surface area contributed by atoms with Crippen molar-refractivity contribution in [3.8, 4) is 0 Å². The fourth-order valence-corrected chi connectivity index (χ4v) is 3.38. The number of thioether (sulfide) groups is 1. The number of nitrogens with zero attached hydrogens (tertiary/aromatic N) is 2. The van der Waals surface area contributed by atoms with Gasteiger partial charge in [0.15, 0.2) is 5.96 Å². The molecule has 0 amide bonds. The monoisotopic (exact) mass is 256 g/mol. The van der Waals surface area contributed by atoms with Gasteiger partial charge in [-0.15, -0.1) is 0 Å². The van der Waals surface area contributed by atoms with E-state index < -0.39 is 0 Å². The maximum atomic E-state index is 4.26. The molecule has 0 radical (unpaired) electrons. The lowest BCUT2D eigenvalue weighted by Crippen LogP contribution is -2.46. The van der Waals surface area contributed by atoms with Crippen LogP contribution in [0.25, 0.3) is 0 Å². The van der Waals surface area contributed by atoms with Crippen molar-refractivity contribution < 1.29 is 0 Å². The molecule has 5 heteroatoms. The van der Waals surface area contributed by atoms with Crippen LogP contribution in [0.5, 0.6) is 0 Å². The average Bonchev–Trinajstić information content (AvgIpc) is 2.78. The molecule has 2 aliphatic rings. The lowest BCUT2D eigenvalue weighted by atomic mass is 10.2. The van der Waals surface area contributed by atoms with Crippen molar-refractivity contribution in [3.63, 3.8) is 0 Å². The maximum Gasteiger partial charge on any atom is 0.191 e. The van der Waals surface area contributed by atoms with E-state index in [1.807, 2.05) is 7.05 Å². The topological polar surface area (TPSA) is 39.7 Å². The third-order valence-electron chi connectivity index (χ3n) is 3.41. The Morgan fingerprint density at radius 2 is 2.24 bits per heavy atom. The van der Waals surface area contributed by atoms with Crippen LogP contribution in [0.1, 0.15) is 19.3 Å². The van der Waals surface area contributed by atoms with E-state index in [0.717, 1.165) is 30.8 Å². The predicted molar refractivity (Wildman–Crippen MR) is 75.9 cm³/mol. The molecule has 98 valence electrons. The normalized spacial score (nSPS) is 25.7. The first-order chi connectivity index (χ1) is 8.38. The highest BCUT2D eigenvalue weighted by Gasteiger charge is 2.16. The molecule has 2 saturated heterocycles. The fourth-order valence-electron chi connectivity index (χ4n) is 2.17. The van der Waals surface area contributed by atoms with E-state index in [-0.39, 0.29) is 0 Å². The van der Waals surface area contributed by atoms with Crippen LogP contribution in [0.2, 0.25) is 0 Å². The molecule has 2 aliphatic heterocycles. The van der Waals surface area contributed by atoms with Gasteiger partial charge in [0, 0.05) is 31.9 Å². The highest BCUT2D eigenvalue weighted by molar-refractivity contribution is 8.00. The van der Waals surface area contributed by atoms with Crippen molar-refractivity contribution in [2.45, 2.75) is 24.5 Å². The van der Waals surface area contributed by atoms with Crippen molar-refractivity contribution in [1.82, 2.24) is 15.5 Å². The summed E-state index contributed by atoms with van der Waals surface area (Å²) in [4.78, 5) is 6.72. The van der Waals surface area contributed by atoms with Gasteiger partial charge in [-0.3, -0.25) is 4.99 Å². The van der Waals surface area contributed by atoms with Crippen LogP contribution < -0.4 is 10.6 Å². The summed E-state index contributed by atoms with van der Waals surface area (Å²) in [7, 11) is 1.85. The highest BCUT2D eigenvalue weighted by atomic mass is 32.2. The summed E-state index contributed by atoms with van der Waals surface area (Å²) >= 11 is 2.08. The van der Waals surface area contributed by atoms with Crippen LogP contribution in [0.3, 0.4) is 0 Å². The minimum atomic E-state index is 0.781. The lowest BCUT2D eigenvalue weighted by molar-refractivity contribution is 0.185. The predicted octanol–water partition coefficient (Wildman–Crippen LogP) is 0.753. The standard InChI is InChI=1S/C12H24N4S/c1-13-12(14-5-8-16-6-3-7-16)15-10-11-4-2-9-17-11/h11H,2-10H2,1H3,(H2,13,14,15). The van der Waals surface area contributed by atoms with Gasteiger partial charge in [0.05, 0.1) is 0 Å². The van der Waals surface area contributed by atoms with Crippen molar-refractivity contribution in [3.05, 3.63) is 0 Å². The molecule has 2 rings (SSSR count). The first-order valence-corrected chi connectivity index (χ1v) is 7.72. The van der Waals surface area contributed by atoms with Gasteiger partial charge in [0.1, 0.15) is 0 Å². The average molecular weight is 256 g/mol. The number of likely N-dealkylation sites (tertiary alicyclic amines) is 1. The van der Waals surface area contributed by atoms with Crippen molar-refractivity contribution >= 4 is 17.7 Å². The molecule has 0 saturated carbocycles. The number of hydrogen-bond acceptors (Lipinski definition) is 3. The SMILES string of the molecule is CN=C(NCCN1CCC1)NCC1CCCS1. The van der Waals surface area contributed by atoms with E-state index in [1.165, 1.54) is 38.1 Å². The van der Waals surface area contributed by atoms with E-state index in [2.05, 4.69) is 32.3 Å². The van der Waals surface area contributed by atoms with Gasteiger partial charge in [-0.1, -0.05) is 0 Å². The van der Waals surface area contributed by atoms with Gasteiger partial charge in [-0.2, -0.15) is 11.8 Å². The van der Waals surface area contributed by atoms with E-state index in [1.54, 1.807) is 0 Å². The Morgan fingerprint density at radius 1 is 1.35 bits per heavy atom. The van der Waals surface area contributed by atoms with E-state index in [4.69, 9.17) is 0 Å². The van der Waals surface area contributed by atoms with Gasteiger partial charge in [-0.25, -0.2) is 0 Å². The first-order valence-electron chi connectivity index (χ1n) is 6.67. The van der Waals surface area contributed by atoms with Gasteiger partial charge < -0.3 is 15.5 Å². The van der Waals surface area contributed by atoms with E-state index >= 15 is 0 Å². The van der Waals surface area contributed by atoms with Crippen molar-refractivity contribution in [1.29, 1.82) is 0 Å². The summed E-state index contributed by atoms with van der Waals surface area (Å²) in [5.41, 5.74) is 0. The minimum Gasteiger partial charge on any atom is -0.355 e. The lowest BCUT2D eigenvalue weighted by Gasteiger charge is -2.30. The Balaban J connectivity index is 1.55. The number of nitrogens with one attached hydrogen (secondary N) is 2. The van der Waals surface area contributed by atoms with Crippen molar-refractivity contribution in [2.75, 3.05) is 45.5 Å². The summed E-state index contributed by atoms with van der Waals surface area (Å²) in [6.07, 6.45) is 4.09. The molecule has 0 spiro atoms. The second kappa shape index (κ2) is 7.11. The Kier molecular flexibility index (Phi) is 5.45. The molecule has 2 heterocycles. The third kappa shape index (κ3) is 4.39. The third-order valence-corrected chi connectivity index (χ3v) is 4.81. The Hall–Kier alpha value is -0.420. The number of rotatable bonds is 5. The molecule has 0 aromatic heterocycles. The van der Waals surface area contributed by atoms with Crippen LogP contribution in [-0.2, 0) is 0 Å². The second-order valence-electron chi connectivity index (χ2n) is 4.71. The van der Waals surface area contributed by atoms with E-state index in [9.17, 15) is 0 Å². The van der Waals surface area contributed by atoms with E-state index in [0.29, 0.717) is 0 Å². The smallest absolute Gasteiger partial charge is 0.191 e. The largest absolute Gasteiger partial charge is 0.355 e. The summed E-state index contributed by atoms with van der Waals surface area (Å²) in [6.45, 7) is 5.73. The maximum absolute atomic E-state index is 4.26. The molecule has 4 nitrogen and oxygen atoms in total. The van der Waals surface area contributed by atoms with Gasteiger partial charge >= 0.3 is 0 Å². The van der Waals surface area contributed by atoms with Crippen LogP contribution in [-0.4, -0.2) is 61.6 Å². The van der Waals surface area contributed by atoms with Crippen LogP contribution in [0, 0.1) is 0 Å². The molecule has 1 unspecified atom stereocenters. The van der Waals surface area contributed by atoms with Crippen LogP contribution in [0.15, 0.2) is 4.99 Å². The zero-order valence-electron chi connectivity index (χ0n) is 10.7. The Labute approximate surface area is 109 Å². The first kappa shape index (κ1) is 13.0. The van der Waals surface area contributed by atoms with Crippen LogP contribution >= 0.6 is 11.8 Å². The molecule has 2 N–H and O–H groups in total. The molecule has 0 bridgehead atoms. The zero-order valence-corrected chi connectivity index (χ0v) is 11.6. The summed E-state index contributed by atoms with van der Waals surface area (Å²) in [6, 6.07) is 0. The summed E-state index contributed by atoms with van der Waals surface area (Å²) in [5, 5.41) is 7.58. The number of aliphatic imine (C=N–C) groups is 1. The molecular formula is C12H24N4S. The van der Waals surface area contributed by atoms with Gasteiger partial charge in [0.2, 0.25) is 0 Å². The van der Waals surface area contributed by atoms with Crippen LogP contribution in [0.4, 0.5) is 0 Å². The van der Waals surface area contributed by atoms with Gasteiger partial charge in [0.25, 0.3) is 0 Å². The Morgan fingerprint density at radius 3 is 2.82 bits per heavy atom. The zero-order chi connectivity index (χ0) is 11.9. The quantitative estimate of drug-likeness (QED) is 0.562. The molecular weight excluding hydrogens is 232 g/mol. The number of hydrogen-bond donors (Lipinski definition) is 2. The highest BCUT2D eigenvalue weighted by Crippen LogP contribution is 2.25. The van der Waals surface area contributed by atoms with Gasteiger partial charge in [-0.05, 0) is 38.1 Å².